The van der Waals surface area contributed by atoms with Crippen molar-refractivity contribution in [2.45, 2.75) is 31.7 Å². The Hall–Kier alpha value is -0.120. The van der Waals surface area contributed by atoms with Crippen molar-refractivity contribution in [1.82, 2.24) is 0 Å². The Morgan fingerprint density at radius 3 is 2.20 bits per heavy atom. The van der Waals surface area contributed by atoms with E-state index >= 15 is 0 Å². The van der Waals surface area contributed by atoms with Crippen LogP contribution in [0.5, 0.6) is 0 Å². The van der Waals surface area contributed by atoms with E-state index in [1.54, 1.807) is 0 Å². The predicted molar refractivity (Wildman–Crippen MR) is 36.4 cm³/mol. The highest BCUT2D eigenvalue weighted by molar-refractivity contribution is 4.84. The maximum atomic E-state index is 9.00. The van der Waals surface area contributed by atoms with Crippen molar-refractivity contribution in [2.24, 2.45) is 5.92 Å². The maximum absolute atomic E-state index is 9.00. The summed E-state index contributed by atoms with van der Waals surface area (Å²) in [5, 5.41) is 16.0. The quantitative estimate of drug-likeness (QED) is 0.510. The van der Waals surface area contributed by atoms with Crippen LogP contribution < -0.4 is 0 Å². The molecule has 3 atom stereocenters. The van der Waals surface area contributed by atoms with Gasteiger partial charge in [0.1, 0.15) is 0 Å². The smallest absolute Gasteiger partial charge is 0.157 e. The molecule has 1 aliphatic heterocycles. The van der Waals surface area contributed by atoms with Gasteiger partial charge >= 0.3 is 0 Å². The minimum atomic E-state index is -0.422. The molecule has 0 aromatic carbocycles. The topological polar surface area (TPSA) is 49.7 Å². The van der Waals surface area contributed by atoms with E-state index in [1.807, 2.05) is 0 Å². The summed E-state index contributed by atoms with van der Waals surface area (Å²) < 4.78 is 5.12. The molecule has 3 unspecified atom stereocenters. The van der Waals surface area contributed by atoms with Gasteiger partial charge in [-0.25, -0.2) is 0 Å². The average molecular weight is 146 g/mol. The lowest BCUT2D eigenvalue weighted by Gasteiger charge is -2.15. The number of aliphatic hydroxyl groups excluding tert-OH is 2. The third-order valence-electron chi connectivity index (χ3n) is 2.16. The monoisotopic (exact) mass is 146 g/mol. The SMILES string of the molecule is CO.OC1OC2CCC1C2. The zero-order chi connectivity index (χ0) is 7.56. The molecule has 1 aliphatic carbocycles. The van der Waals surface area contributed by atoms with Crippen molar-refractivity contribution >= 4 is 0 Å². The first-order chi connectivity index (χ1) is 4.86. The molecule has 1 saturated heterocycles. The molecule has 10 heavy (non-hydrogen) atoms. The summed E-state index contributed by atoms with van der Waals surface area (Å²) in [7, 11) is 1.00. The second-order valence-corrected chi connectivity index (χ2v) is 2.72. The largest absolute Gasteiger partial charge is 0.400 e. The van der Waals surface area contributed by atoms with Crippen LogP contribution in [0.2, 0.25) is 0 Å². The van der Waals surface area contributed by atoms with Crippen LogP contribution in [-0.4, -0.2) is 29.7 Å². The van der Waals surface area contributed by atoms with Gasteiger partial charge in [0.2, 0.25) is 0 Å². The number of hydrogen-bond acceptors (Lipinski definition) is 3. The van der Waals surface area contributed by atoms with Crippen LogP contribution in [-0.2, 0) is 4.74 Å². The first-order valence-electron chi connectivity index (χ1n) is 3.64. The van der Waals surface area contributed by atoms with E-state index in [4.69, 9.17) is 14.9 Å². The van der Waals surface area contributed by atoms with Crippen molar-refractivity contribution in [3.8, 4) is 0 Å². The Bertz CT molecular complexity index is 103. The lowest BCUT2D eigenvalue weighted by molar-refractivity contribution is -0.129. The fourth-order valence-corrected chi connectivity index (χ4v) is 1.66. The van der Waals surface area contributed by atoms with Gasteiger partial charge in [-0.1, -0.05) is 0 Å². The molecule has 2 aliphatic rings. The van der Waals surface area contributed by atoms with Crippen molar-refractivity contribution in [3.05, 3.63) is 0 Å². The Kier molecular flexibility index (Phi) is 2.65. The van der Waals surface area contributed by atoms with Crippen molar-refractivity contribution < 1.29 is 14.9 Å². The van der Waals surface area contributed by atoms with E-state index in [9.17, 15) is 0 Å². The van der Waals surface area contributed by atoms with Crippen molar-refractivity contribution in [3.63, 3.8) is 0 Å². The standard InChI is InChI=1S/C6H10O2.CH4O/c7-6-4-1-2-5(3-4)8-6;1-2/h4-7H,1-3H2;2H,1H3. The number of hydrogen-bond donors (Lipinski definition) is 2. The Morgan fingerprint density at radius 2 is 2.00 bits per heavy atom. The molecule has 1 heterocycles. The van der Waals surface area contributed by atoms with Crippen LogP contribution in [0.4, 0.5) is 0 Å². The van der Waals surface area contributed by atoms with Gasteiger partial charge in [0.05, 0.1) is 6.10 Å². The second-order valence-electron chi connectivity index (χ2n) is 2.72. The lowest BCUT2D eigenvalue weighted by Crippen LogP contribution is -2.19. The van der Waals surface area contributed by atoms with Crippen LogP contribution in [0.25, 0.3) is 0 Å². The van der Waals surface area contributed by atoms with Crippen LogP contribution in [0.15, 0.2) is 0 Å². The summed E-state index contributed by atoms with van der Waals surface area (Å²) in [5.74, 6) is 0.472. The van der Waals surface area contributed by atoms with Crippen LogP contribution >= 0.6 is 0 Å². The summed E-state index contributed by atoms with van der Waals surface area (Å²) >= 11 is 0. The number of aliphatic hydroxyl groups is 2. The van der Waals surface area contributed by atoms with E-state index < -0.39 is 6.29 Å². The maximum Gasteiger partial charge on any atom is 0.157 e. The van der Waals surface area contributed by atoms with Crippen LogP contribution in [0.3, 0.4) is 0 Å². The van der Waals surface area contributed by atoms with Gasteiger partial charge in [0, 0.05) is 13.0 Å². The normalized spacial score (nSPS) is 42.9. The molecule has 0 aromatic rings. The summed E-state index contributed by atoms with van der Waals surface area (Å²) in [6.07, 6.45) is 3.41. The third kappa shape index (κ3) is 1.31. The highest BCUT2D eigenvalue weighted by atomic mass is 16.6. The van der Waals surface area contributed by atoms with Crippen molar-refractivity contribution in [1.29, 1.82) is 0 Å². The molecule has 0 spiro atoms. The molecule has 2 fully saturated rings. The van der Waals surface area contributed by atoms with E-state index in [1.165, 1.54) is 12.8 Å². The molecule has 2 rings (SSSR count). The summed E-state index contributed by atoms with van der Waals surface area (Å²) in [6.45, 7) is 0. The molecule has 1 saturated carbocycles. The average Bonchev–Trinajstić information content (AvgIpc) is 2.52. The highest BCUT2D eigenvalue weighted by Crippen LogP contribution is 2.38. The molecule has 2 bridgehead atoms. The zero-order valence-corrected chi connectivity index (χ0v) is 6.16. The molecule has 3 nitrogen and oxygen atoms in total. The van der Waals surface area contributed by atoms with Gasteiger partial charge in [0.25, 0.3) is 0 Å². The molecule has 3 heteroatoms. The van der Waals surface area contributed by atoms with Crippen LogP contribution in [0.1, 0.15) is 19.3 Å². The second kappa shape index (κ2) is 3.32. The fraction of sp³-hybridized carbons (Fsp3) is 1.00. The predicted octanol–water partition coefficient (Wildman–Crippen LogP) is 0.112. The van der Waals surface area contributed by atoms with Gasteiger partial charge < -0.3 is 14.9 Å². The summed E-state index contributed by atoms with van der Waals surface area (Å²) in [6, 6.07) is 0. The number of ether oxygens (including phenoxy) is 1. The number of rotatable bonds is 0. The lowest BCUT2D eigenvalue weighted by atomic mass is 10.1. The molecule has 0 amide bonds. The minimum Gasteiger partial charge on any atom is -0.400 e. The third-order valence-corrected chi connectivity index (χ3v) is 2.16. The van der Waals surface area contributed by atoms with E-state index in [-0.39, 0.29) is 0 Å². The van der Waals surface area contributed by atoms with E-state index in [0.29, 0.717) is 12.0 Å². The van der Waals surface area contributed by atoms with Gasteiger partial charge in [-0.05, 0) is 19.3 Å². The molecule has 2 N–H and O–H groups in total. The summed E-state index contributed by atoms with van der Waals surface area (Å²) in [5.41, 5.74) is 0. The van der Waals surface area contributed by atoms with Crippen LogP contribution in [0, 0.1) is 5.92 Å². The van der Waals surface area contributed by atoms with E-state index in [2.05, 4.69) is 0 Å². The molecular weight excluding hydrogens is 132 g/mol. The first kappa shape index (κ1) is 7.98. The molecule has 0 radical (unpaired) electrons. The Labute approximate surface area is 60.6 Å². The van der Waals surface area contributed by atoms with Gasteiger partial charge in [0.15, 0.2) is 6.29 Å². The van der Waals surface area contributed by atoms with Gasteiger partial charge in [-0.15, -0.1) is 0 Å². The molecular formula is C7H14O3. The zero-order valence-electron chi connectivity index (χ0n) is 6.16. The Morgan fingerprint density at radius 1 is 1.30 bits per heavy atom. The first-order valence-corrected chi connectivity index (χ1v) is 3.64. The number of fused-ring (bicyclic) bond motifs is 2. The summed E-state index contributed by atoms with van der Waals surface area (Å²) in [4.78, 5) is 0. The van der Waals surface area contributed by atoms with E-state index in [0.717, 1.165) is 13.5 Å². The van der Waals surface area contributed by atoms with Gasteiger partial charge in [-0.2, -0.15) is 0 Å². The van der Waals surface area contributed by atoms with Gasteiger partial charge in [-0.3, -0.25) is 0 Å². The molecule has 0 aromatic heterocycles. The fourth-order valence-electron chi connectivity index (χ4n) is 1.66. The minimum absolute atomic E-state index is 0.398. The van der Waals surface area contributed by atoms with Crippen molar-refractivity contribution in [2.75, 3.05) is 7.11 Å². The molecule has 60 valence electrons. The highest BCUT2D eigenvalue weighted by Gasteiger charge is 2.39. The Balaban J connectivity index is 0.000000231.